The molecular weight excluding hydrogens is 528 g/mol. The van der Waals surface area contributed by atoms with Gasteiger partial charge in [-0.15, -0.1) is 0 Å². The average Bonchev–Trinajstić information content (AvgIpc) is 3.35. The van der Waals surface area contributed by atoms with Gasteiger partial charge in [0.1, 0.15) is 0 Å². The van der Waals surface area contributed by atoms with Crippen molar-refractivity contribution in [2.75, 3.05) is 15.7 Å². The van der Waals surface area contributed by atoms with Crippen LogP contribution < -0.4 is 9.21 Å². The highest BCUT2D eigenvalue weighted by molar-refractivity contribution is 7.92. The molecule has 0 unspecified atom stereocenters. The average molecular weight is 557 g/mol. The second-order valence-electron chi connectivity index (χ2n) is 9.14. The molecule has 7 nitrogen and oxygen atoms in total. The number of sulfonamides is 1. The van der Waals surface area contributed by atoms with E-state index in [1.165, 1.54) is 27.8 Å². The number of aromatic nitrogens is 2. The SMILES string of the molecule is CCN(c1ccccc1)S(=O)(=O)c1ccc(C(=O)N(Cc2ccccn2)c2nc3cc(C)c(C)cc3s2)cc1. The van der Waals surface area contributed by atoms with Crippen molar-refractivity contribution in [1.29, 1.82) is 0 Å². The molecule has 0 atom stereocenters. The Kier molecular flexibility index (Phi) is 7.45. The van der Waals surface area contributed by atoms with Crippen molar-refractivity contribution in [1.82, 2.24) is 9.97 Å². The van der Waals surface area contributed by atoms with Crippen LogP contribution in [0.2, 0.25) is 0 Å². The predicted molar refractivity (Wildman–Crippen MR) is 157 cm³/mol. The van der Waals surface area contributed by atoms with Gasteiger partial charge in [-0.2, -0.15) is 0 Å². The molecular formula is C30H28N4O3S2. The number of amides is 1. The monoisotopic (exact) mass is 556 g/mol. The van der Waals surface area contributed by atoms with Gasteiger partial charge >= 0.3 is 0 Å². The fourth-order valence-corrected chi connectivity index (χ4v) is 6.82. The summed E-state index contributed by atoms with van der Waals surface area (Å²) in [7, 11) is -3.80. The zero-order chi connectivity index (χ0) is 27.6. The smallest absolute Gasteiger partial charge is 0.264 e. The van der Waals surface area contributed by atoms with Crippen LogP contribution in [0.15, 0.2) is 96.0 Å². The van der Waals surface area contributed by atoms with Crippen molar-refractivity contribution in [3.05, 3.63) is 114 Å². The van der Waals surface area contributed by atoms with E-state index in [0.717, 1.165) is 27.0 Å². The van der Waals surface area contributed by atoms with E-state index in [1.54, 1.807) is 54.4 Å². The number of carbonyl (C=O) groups is 1. The Bertz CT molecular complexity index is 1680. The number of benzene rings is 3. The van der Waals surface area contributed by atoms with E-state index >= 15 is 0 Å². The van der Waals surface area contributed by atoms with E-state index in [1.807, 2.05) is 37.3 Å². The number of para-hydroxylation sites is 1. The zero-order valence-electron chi connectivity index (χ0n) is 21.9. The molecule has 39 heavy (non-hydrogen) atoms. The Labute approximate surface area is 232 Å². The van der Waals surface area contributed by atoms with E-state index in [0.29, 0.717) is 16.4 Å². The van der Waals surface area contributed by atoms with Gasteiger partial charge in [-0.05, 0) is 92.6 Å². The molecule has 5 rings (SSSR count). The third kappa shape index (κ3) is 5.41. The number of anilines is 2. The second-order valence-corrected chi connectivity index (χ2v) is 12.0. The minimum absolute atomic E-state index is 0.118. The molecule has 3 aromatic carbocycles. The van der Waals surface area contributed by atoms with Gasteiger partial charge in [-0.3, -0.25) is 19.0 Å². The van der Waals surface area contributed by atoms with Crippen LogP contribution >= 0.6 is 11.3 Å². The predicted octanol–water partition coefficient (Wildman–Crippen LogP) is 6.37. The zero-order valence-corrected chi connectivity index (χ0v) is 23.5. The lowest BCUT2D eigenvalue weighted by atomic mass is 10.1. The van der Waals surface area contributed by atoms with Gasteiger partial charge in [0.25, 0.3) is 15.9 Å². The first-order valence-electron chi connectivity index (χ1n) is 12.6. The van der Waals surface area contributed by atoms with Crippen LogP contribution in [0.4, 0.5) is 10.8 Å². The van der Waals surface area contributed by atoms with Gasteiger partial charge in [0.15, 0.2) is 5.13 Å². The first-order valence-corrected chi connectivity index (χ1v) is 14.8. The number of aryl methyl sites for hydroxylation is 2. The number of hydrogen-bond donors (Lipinski definition) is 0. The highest BCUT2D eigenvalue weighted by Gasteiger charge is 2.26. The largest absolute Gasteiger partial charge is 0.278 e. The molecule has 0 bridgehead atoms. The third-order valence-electron chi connectivity index (χ3n) is 6.54. The van der Waals surface area contributed by atoms with Gasteiger partial charge < -0.3 is 0 Å². The fraction of sp³-hybridized carbons (Fsp3) is 0.167. The Balaban J connectivity index is 1.49. The summed E-state index contributed by atoms with van der Waals surface area (Å²) in [6.45, 7) is 6.39. The molecule has 0 N–H and O–H groups in total. The van der Waals surface area contributed by atoms with Crippen molar-refractivity contribution >= 4 is 48.3 Å². The maximum absolute atomic E-state index is 13.8. The summed E-state index contributed by atoms with van der Waals surface area (Å²) in [5, 5.41) is 0.559. The molecule has 0 aliphatic carbocycles. The highest BCUT2D eigenvalue weighted by atomic mass is 32.2. The Morgan fingerprint density at radius 1 is 0.897 bits per heavy atom. The van der Waals surface area contributed by atoms with Crippen molar-refractivity contribution in [3.63, 3.8) is 0 Å². The molecule has 198 valence electrons. The molecule has 0 saturated heterocycles. The first-order chi connectivity index (χ1) is 18.8. The first kappa shape index (κ1) is 26.5. The Morgan fingerprint density at radius 2 is 1.59 bits per heavy atom. The summed E-state index contributed by atoms with van der Waals surface area (Å²) in [5.74, 6) is -0.285. The molecule has 0 fully saturated rings. The number of nitrogens with zero attached hydrogens (tertiary/aromatic N) is 4. The molecule has 2 aromatic heterocycles. The van der Waals surface area contributed by atoms with Crippen molar-refractivity contribution in [2.24, 2.45) is 0 Å². The van der Waals surface area contributed by atoms with Crippen LogP contribution in [0.5, 0.6) is 0 Å². The maximum atomic E-state index is 13.8. The number of carbonyl (C=O) groups excluding carboxylic acids is 1. The van der Waals surface area contributed by atoms with Crippen molar-refractivity contribution in [2.45, 2.75) is 32.2 Å². The van der Waals surface area contributed by atoms with Gasteiger partial charge in [0.05, 0.1) is 33.0 Å². The van der Waals surface area contributed by atoms with Crippen molar-refractivity contribution < 1.29 is 13.2 Å². The standard InChI is InChI=1S/C30H28N4O3S2/c1-4-34(25-11-6-5-7-12-25)39(36,37)26-15-13-23(14-16-26)29(35)33(20-24-10-8-9-17-31-24)30-32-27-18-21(2)22(3)19-28(27)38-30/h5-19H,4,20H2,1-3H3. The molecule has 0 radical (unpaired) electrons. The van der Waals surface area contributed by atoms with E-state index in [2.05, 4.69) is 18.0 Å². The summed E-state index contributed by atoms with van der Waals surface area (Å²) in [5.41, 5.74) is 4.79. The van der Waals surface area contributed by atoms with E-state index < -0.39 is 10.0 Å². The quantitative estimate of drug-likeness (QED) is 0.222. The molecule has 0 spiro atoms. The molecule has 1 amide bonds. The maximum Gasteiger partial charge on any atom is 0.264 e. The number of hydrogen-bond acceptors (Lipinski definition) is 6. The van der Waals surface area contributed by atoms with Crippen molar-refractivity contribution in [3.8, 4) is 0 Å². The summed E-state index contributed by atoms with van der Waals surface area (Å²) in [6, 6.07) is 24.7. The Morgan fingerprint density at radius 3 is 2.26 bits per heavy atom. The van der Waals surface area contributed by atoms with Crippen LogP contribution in [-0.2, 0) is 16.6 Å². The van der Waals surface area contributed by atoms with Crippen LogP contribution in [0.3, 0.4) is 0 Å². The molecule has 9 heteroatoms. The second kappa shape index (κ2) is 11.0. The van der Waals surface area contributed by atoms with Gasteiger partial charge in [0.2, 0.25) is 0 Å². The lowest BCUT2D eigenvalue weighted by Crippen LogP contribution is -2.32. The molecule has 0 aliphatic heterocycles. The van der Waals surface area contributed by atoms with E-state index in [4.69, 9.17) is 4.98 Å². The number of rotatable bonds is 8. The lowest BCUT2D eigenvalue weighted by Gasteiger charge is -2.23. The third-order valence-corrected chi connectivity index (χ3v) is 9.49. The van der Waals surface area contributed by atoms with Crippen LogP contribution in [0, 0.1) is 13.8 Å². The van der Waals surface area contributed by atoms with Crippen LogP contribution in [0.25, 0.3) is 10.2 Å². The lowest BCUT2D eigenvalue weighted by molar-refractivity contribution is 0.0984. The van der Waals surface area contributed by atoms with E-state index in [9.17, 15) is 13.2 Å². The van der Waals surface area contributed by atoms with Crippen LogP contribution in [0.1, 0.15) is 34.1 Å². The normalized spacial score (nSPS) is 11.5. The van der Waals surface area contributed by atoms with Crippen LogP contribution in [-0.4, -0.2) is 30.8 Å². The summed E-state index contributed by atoms with van der Waals surface area (Å²) in [6.07, 6.45) is 1.69. The van der Waals surface area contributed by atoms with Gasteiger partial charge in [0, 0.05) is 18.3 Å². The fourth-order valence-electron chi connectivity index (χ4n) is 4.30. The summed E-state index contributed by atoms with van der Waals surface area (Å²) in [4.78, 5) is 24.7. The molecule has 5 aromatic rings. The van der Waals surface area contributed by atoms with E-state index in [-0.39, 0.29) is 23.9 Å². The molecule has 2 heterocycles. The minimum atomic E-state index is -3.80. The number of fused-ring (bicyclic) bond motifs is 1. The topological polar surface area (TPSA) is 83.5 Å². The van der Waals surface area contributed by atoms with Gasteiger partial charge in [-0.25, -0.2) is 13.4 Å². The number of pyridine rings is 1. The Hall–Kier alpha value is -4.08. The number of thiazole rings is 1. The highest BCUT2D eigenvalue weighted by Crippen LogP contribution is 2.33. The summed E-state index contributed by atoms with van der Waals surface area (Å²) < 4.78 is 29.2. The summed E-state index contributed by atoms with van der Waals surface area (Å²) >= 11 is 1.45. The molecule has 0 aliphatic rings. The molecule has 0 saturated carbocycles. The van der Waals surface area contributed by atoms with Gasteiger partial charge in [-0.1, -0.05) is 35.6 Å². The minimum Gasteiger partial charge on any atom is -0.278 e.